The molecule has 0 spiro atoms. The van der Waals surface area contributed by atoms with Crippen molar-refractivity contribution in [1.82, 2.24) is 0 Å². The molecule has 38 heavy (non-hydrogen) atoms. The molecule has 0 N–H and O–H groups in total. The van der Waals surface area contributed by atoms with Crippen molar-refractivity contribution >= 4 is 5.97 Å². The average molecular weight is 515 g/mol. The summed E-state index contributed by atoms with van der Waals surface area (Å²) in [4.78, 5) is 11.7. The summed E-state index contributed by atoms with van der Waals surface area (Å²) in [7, 11) is 1.41. The molecule has 0 radical (unpaired) electrons. The van der Waals surface area contributed by atoms with Crippen molar-refractivity contribution in [1.29, 1.82) is 0 Å². The molecule has 0 aromatic heterocycles. The van der Waals surface area contributed by atoms with Crippen molar-refractivity contribution < 1.29 is 28.5 Å². The number of hydrogen-bond donors (Lipinski definition) is 0. The lowest BCUT2D eigenvalue weighted by Gasteiger charge is -2.20. The van der Waals surface area contributed by atoms with Crippen molar-refractivity contribution in [2.24, 2.45) is 0 Å². The molecule has 2 atom stereocenters. The summed E-state index contributed by atoms with van der Waals surface area (Å²) in [5.41, 5.74) is 6.79. The van der Waals surface area contributed by atoms with Crippen LogP contribution in [0.5, 0.6) is 17.2 Å². The second-order valence-electron chi connectivity index (χ2n) is 9.88. The third kappa shape index (κ3) is 6.03. The molecule has 198 valence electrons. The Hall–Kier alpha value is -3.77. The summed E-state index contributed by atoms with van der Waals surface area (Å²) in [5.74, 6) is 2.16. The van der Waals surface area contributed by atoms with E-state index in [1.165, 1.54) is 23.8 Å². The van der Waals surface area contributed by atoms with Crippen molar-refractivity contribution in [3.63, 3.8) is 0 Å². The van der Waals surface area contributed by atoms with E-state index in [0.717, 1.165) is 40.4 Å². The van der Waals surface area contributed by atoms with E-state index in [9.17, 15) is 4.79 Å². The van der Waals surface area contributed by atoms with Crippen molar-refractivity contribution in [2.75, 3.05) is 26.9 Å². The number of carbonyl (C=O) groups is 1. The van der Waals surface area contributed by atoms with E-state index >= 15 is 0 Å². The Labute approximate surface area is 224 Å². The van der Waals surface area contributed by atoms with E-state index < -0.39 is 0 Å². The summed E-state index contributed by atoms with van der Waals surface area (Å²) >= 11 is 0. The van der Waals surface area contributed by atoms with Crippen LogP contribution in [0.25, 0.3) is 11.1 Å². The van der Waals surface area contributed by atoms with Crippen LogP contribution in [0.3, 0.4) is 0 Å². The van der Waals surface area contributed by atoms with Gasteiger partial charge in [0.25, 0.3) is 0 Å². The van der Waals surface area contributed by atoms with E-state index in [1.54, 1.807) is 0 Å². The number of hydrogen-bond acceptors (Lipinski definition) is 6. The quantitative estimate of drug-likeness (QED) is 0.246. The predicted octanol–water partition coefficient (Wildman–Crippen LogP) is 6.31. The largest absolute Gasteiger partial charge is 0.492 e. The van der Waals surface area contributed by atoms with Crippen LogP contribution in [0.4, 0.5) is 0 Å². The van der Waals surface area contributed by atoms with Gasteiger partial charge in [-0.05, 0) is 72.4 Å². The molecule has 2 aliphatic rings. The first kappa shape index (κ1) is 25.9. The molecule has 0 saturated carbocycles. The monoisotopic (exact) mass is 514 g/mol. The van der Waals surface area contributed by atoms with Crippen LogP contribution in [0.15, 0.2) is 66.7 Å². The molecule has 0 bridgehead atoms. The van der Waals surface area contributed by atoms with E-state index in [2.05, 4.69) is 56.3 Å². The number of carbonyl (C=O) groups excluding carboxylic acids is 1. The van der Waals surface area contributed by atoms with Gasteiger partial charge >= 0.3 is 5.97 Å². The van der Waals surface area contributed by atoms with Gasteiger partial charge in [0.05, 0.1) is 32.8 Å². The van der Waals surface area contributed by atoms with Crippen LogP contribution in [-0.4, -0.2) is 39.0 Å². The van der Waals surface area contributed by atoms with Crippen LogP contribution in [0, 0.1) is 13.8 Å². The molecular weight excluding hydrogens is 480 g/mol. The fraction of sp³-hybridized carbons (Fsp3) is 0.344. The Bertz CT molecular complexity index is 1300. The van der Waals surface area contributed by atoms with Crippen LogP contribution >= 0.6 is 0 Å². The highest BCUT2D eigenvalue weighted by Gasteiger charge is 2.27. The molecule has 6 heteroatoms. The molecule has 6 nitrogen and oxygen atoms in total. The van der Waals surface area contributed by atoms with Gasteiger partial charge in [0, 0.05) is 17.5 Å². The summed E-state index contributed by atoms with van der Waals surface area (Å²) in [6.45, 7) is 6.36. The molecular formula is C32H34O6. The smallest absolute Gasteiger partial charge is 0.306 e. The maximum atomic E-state index is 11.7. The van der Waals surface area contributed by atoms with Crippen molar-refractivity contribution in [3.8, 4) is 28.4 Å². The van der Waals surface area contributed by atoms with Gasteiger partial charge in [-0.25, -0.2) is 0 Å². The highest BCUT2D eigenvalue weighted by Crippen LogP contribution is 2.39. The molecule has 3 aromatic rings. The fourth-order valence-corrected chi connectivity index (χ4v) is 5.13. The lowest BCUT2D eigenvalue weighted by Crippen LogP contribution is -2.23. The zero-order chi connectivity index (χ0) is 26.5. The van der Waals surface area contributed by atoms with Gasteiger partial charge in [-0.1, -0.05) is 36.4 Å². The highest BCUT2D eigenvalue weighted by molar-refractivity contribution is 5.72. The Morgan fingerprint density at radius 2 is 1.82 bits per heavy atom. The number of fused-ring (bicyclic) bond motifs is 1. The molecule has 2 aliphatic heterocycles. The lowest BCUT2D eigenvalue weighted by atomic mass is 9.94. The standard InChI is InChI=1S/C32H34O6/c1-21-13-28(37-20-27-9-4-5-12-35-27)14-22(2)32(21)24-8-6-7-23(15-24)18-36-26-10-11-29-25(16-31(33)34-3)19-38-30(29)17-26/h4-8,10-11,13-15,17,25,27H,9,12,16,18-20H2,1-3H3/t25?,27-/m0/s1. The van der Waals surface area contributed by atoms with Gasteiger partial charge in [0.2, 0.25) is 0 Å². The minimum Gasteiger partial charge on any atom is -0.492 e. The first-order valence-electron chi connectivity index (χ1n) is 13.1. The highest BCUT2D eigenvalue weighted by atomic mass is 16.5. The summed E-state index contributed by atoms with van der Waals surface area (Å²) in [6, 6.07) is 18.5. The normalized spacial score (nSPS) is 18.0. The molecule has 0 fully saturated rings. The van der Waals surface area contributed by atoms with Gasteiger partial charge in [-0.2, -0.15) is 0 Å². The fourth-order valence-electron chi connectivity index (χ4n) is 5.13. The van der Waals surface area contributed by atoms with Gasteiger partial charge in [0.1, 0.15) is 30.5 Å². The maximum absolute atomic E-state index is 11.7. The van der Waals surface area contributed by atoms with E-state index in [0.29, 0.717) is 32.8 Å². The predicted molar refractivity (Wildman–Crippen MR) is 146 cm³/mol. The zero-order valence-corrected chi connectivity index (χ0v) is 22.2. The number of esters is 1. The third-order valence-electron chi connectivity index (χ3n) is 7.06. The first-order chi connectivity index (χ1) is 18.5. The summed E-state index contributed by atoms with van der Waals surface area (Å²) < 4.78 is 28.5. The lowest BCUT2D eigenvalue weighted by molar-refractivity contribution is -0.141. The van der Waals surface area contributed by atoms with Gasteiger partial charge in [-0.3, -0.25) is 4.79 Å². The molecule has 1 unspecified atom stereocenters. The average Bonchev–Trinajstić information content (AvgIpc) is 3.33. The Morgan fingerprint density at radius 1 is 0.974 bits per heavy atom. The first-order valence-corrected chi connectivity index (χ1v) is 13.1. The van der Waals surface area contributed by atoms with E-state index in [-0.39, 0.29) is 18.0 Å². The number of benzene rings is 3. The molecule has 3 aromatic carbocycles. The molecule has 5 rings (SSSR count). The van der Waals surface area contributed by atoms with E-state index in [4.69, 9.17) is 23.7 Å². The SMILES string of the molecule is COC(=O)CC1COc2cc(OCc3cccc(-c4c(C)cc(OC[C@@H]5CC=CCO5)cc4C)c3)ccc21. The summed E-state index contributed by atoms with van der Waals surface area (Å²) in [6.07, 6.45) is 5.50. The Morgan fingerprint density at radius 3 is 2.58 bits per heavy atom. The molecule has 0 amide bonds. The molecule has 2 heterocycles. The molecule has 0 saturated heterocycles. The summed E-state index contributed by atoms with van der Waals surface area (Å²) in [5, 5.41) is 0. The number of ether oxygens (including phenoxy) is 5. The van der Waals surface area contributed by atoms with E-state index in [1.807, 2.05) is 24.3 Å². The second kappa shape index (κ2) is 11.7. The van der Waals surface area contributed by atoms with Crippen LogP contribution in [0.1, 0.15) is 41.0 Å². The second-order valence-corrected chi connectivity index (χ2v) is 9.88. The Balaban J connectivity index is 1.24. The van der Waals surface area contributed by atoms with Crippen LogP contribution in [0.2, 0.25) is 0 Å². The van der Waals surface area contributed by atoms with Gasteiger partial charge in [0.15, 0.2) is 0 Å². The molecule has 0 aliphatic carbocycles. The van der Waals surface area contributed by atoms with Crippen molar-refractivity contribution in [3.05, 3.63) is 89.0 Å². The third-order valence-corrected chi connectivity index (χ3v) is 7.06. The minimum atomic E-state index is -0.231. The minimum absolute atomic E-state index is 0.0178. The van der Waals surface area contributed by atoms with Crippen LogP contribution in [-0.2, 0) is 20.9 Å². The number of aryl methyl sites for hydroxylation is 2. The van der Waals surface area contributed by atoms with Crippen LogP contribution < -0.4 is 14.2 Å². The Kier molecular flexibility index (Phi) is 7.99. The topological polar surface area (TPSA) is 63.2 Å². The van der Waals surface area contributed by atoms with Crippen molar-refractivity contribution in [2.45, 2.75) is 45.3 Å². The van der Waals surface area contributed by atoms with Gasteiger partial charge in [-0.15, -0.1) is 0 Å². The maximum Gasteiger partial charge on any atom is 0.306 e. The number of methoxy groups -OCH3 is 1. The number of rotatable bonds is 9. The van der Waals surface area contributed by atoms with Gasteiger partial charge < -0.3 is 23.7 Å². The zero-order valence-electron chi connectivity index (χ0n) is 22.2.